The van der Waals surface area contributed by atoms with Gasteiger partial charge in [0.05, 0.1) is 5.41 Å². The van der Waals surface area contributed by atoms with Crippen molar-refractivity contribution in [3.05, 3.63) is 70.6 Å². The highest BCUT2D eigenvalue weighted by Crippen LogP contribution is 2.53. The van der Waals surface area contributed by atoms with Crippen molar-refractivity contribution in [3.8, 4) is 0 Å². The number of allylic oxidation sites excluding steroid dienone is 6. The van der Waals surface area contributed by atoms with Crippen LogP contribution in [0.2, 0.25) is 0 Å². The lowest BCUT2D eigenvalue weighted by Crippen LogP contribution is -2.53. The summed E-state index contributed by atoms with van der Waals surface area (Å²) in [6.45, 7) is 8.54. The summed E-state index contributed by atoms with van der Waals surface area (Å²) in [5.74, 6) is -0.380. The SMILES string of the molecule is CC1=CC2(C)C=C(C)C(C)CC23OC(=O)C(=C2C=CC(=CCCC=C1)CO2)C3=O. The Hall–Kier alpha value is -2.62. The number of fused-ring (bicyclic) bond motifs is 5. The van der Waals surface area contributed by atoms with Crippen LogP contribution in [0.25, 0.3) is 0 Å². The Morgan fingerprint density at radius 2 is 1.86 bits per heavy atom. The molecule has 0 radical (unpaired) electrons. The minimum Gasteiger partial charge on any atom is -0.488 e. The number of ether oxygens (including phenoxy) is 2. The maximum Gasteiger partial charge on any atom is 0.346 e. The second-order valence-corrected chi connectivity index (χ2v) is 8.83. The standard InChI is InChI=1S/C25H28O4/c1-16-8-6-5-7-9-19-10-11-20(28-15-19)21-22(26)25(29-23(21)27)14-18(3)17(2)13-24(25,4)12-16/h6,8-13,18H,5,7,14-15H2,1-4H3. The first-order valence-electron chi connectivity index (χ1n) is 10.3. The first-order valence-corrected chi connectivity index (χ1v) is 10.3. The zero-order chi connectivity index (χ0) is 20.8. The molecule has 1 spiro atoms. The molecule has 3 heterocycles. The third-order valence-electron chi connectivity index (χ3n) is 6.57. The van der Waals surface area contributed by atoms with Crippen LogP contribution in [0.5, 0.6) is 0 Å². The molecule has 0 aromatic carbocycles. The van der Waals surface area contributed by atoms with Crippen molar-refractivity contribution < 1.29 is 19.1 Å². The summed E-state index contributed by atoms with van der Waals surface area (Å²) in [5, 5.41) is 0. The monoisotopic (exact) mass is 392 g/mol. The number of carbonyl (C=O) groups is 2. The molecule has 0 amide bonds. The second-order valence-electron chi connectivity index (χ2n) is 8.83. The van der Waals surface area contributed by atoms with E-state index in [-0.39, 0.29) is 17.3 Å². The van der Waals surface area contributed by atoms with Gasteiger partial charge in [-0.1, -0.05) is 54.5 Å². The molecule has 5 aliphatic rings. The molecule has 0 aromatic heterocycles. The summed E-state index contributed by atoms with van der Waals surface area (Å²) in [6, 6.07) is 0. The van der Waals surface area contributed by atoms with Gasteiger partial charge in [-0.05, 0) is 51.2 Å². The fourth-order valence-corrected chi connectivity index (χ4v) is 4.83. The van der Waals surface area contributed by atoms with E-state index < -0.39 is 17.0 Å². The number of ketones is 1. The minimum atomic E-state index is -1.24. The number of esters is 1. The fraction of sp³-hybridized carbons (Fsp3) is 0.440. The molecule has 0 N–H and O–H groups in total. The van der Waals surface area contributed by atoms with Gasteiger partial charge in [0.2, 0.25) is 5.78 Å². The predicted molar refractivity (Wildman–Crippen MR) is 112 cm³/mol. The highest BCUT2D eigenvalue weighted by atomic mass is 16.6. The largest absolute Gasteiger partial charge is 0.488 e. The Morgan fingerprint density at radius 3 is 2.59 bits per heavy atom. The maximum absolute atomic E-state index is 13.8. The third-order valence-corrected chi connectivity index (χ3v) is 6.57. The van der Waals surface area contributed by atoms with Gasteiger partial charge in [-0.25, -0.2) is 4.79 Å². The molecular formula is C25H28O4. The summed E-state index contributed by atoms with van der Waals surface area (Å²) >= 11 is 0. The van der Waals surface area contributed by atoms with Gasteiger partial charge in [0.15, 0.2) is 5.60 Å². The number of rotatable bonds is 0. The van der Waals surface area contributed by atoms with Crippen molar-refractivity contribution in [3.63, 3.8) is 0 Å². The number of carbonyl (C=O) groups excluding carboxylic acids is 2. The molecule has 5 rings (SSSR count). The van der Waals surface area contributed by atoms with Crippen LogP contribution in [-0.2, 0) is 19.1 Å². The lowest BCUT2D eigenvalue weighted by Gasteiger charge is -2.45. The quantitative estimate of drug-likeness (QED) is 0.334. The van der Waals surface area contributed by atoms with Crippen LogP contribution in [0.3, 0.4) is 0 Å². The lowest BCUT2D eigenvalue weighted by molar-refractivity contribution is -0.162. The average molecular weight is 392 g/mol. The zero-order valence-electron chi connectivity index (χ0n) is 17.6. The van der Waals surface area contributed by atoms with Crippen LogP contribution in [0, 0.1) is 11.3 Å². The highest BCUT2D eigenvalue weighted by Gasteiger charge is 2.63. The Bertz CT molecular complexity index is 955. The van der Waals surface area contributed by atoms with Gasteiger partial charge in [0.1, 0.15) is 17.9 Å². The van der Waals surface area contributed by atoms with Gasteiger partial charge >= 0.3 is 5.97 Å². The topological polar surface area (TPSA) is 52.6 Å². The Morgan fingerprint density at radius 1 is 1.07 bits per heavy atom. The van der Waals surface area contributed by atoms with Crippen LogP contribution in [0.1, 0.15) is 47.0 Å². The van der Waals surface area contributed by atoms with Crippen LogP contribution in [-0.4, -0.2) is 24.0 Å². The van der Waals surface area contributed by atoms with Crippen LogP contribution < -0.4 is 0 Å². The van der Waals surface area contributed by atoms with Crippen LogP contribution in [0.4, 0.5) is 0 Å². The van der Waals surface area contributed by atoms with Gasteiger partial charge in [-0.2, -0.15) is 0 Å². The molecule has 0 aromatic rings. The van der Waals surface area contributed by atoms with E-state index in [0.717, 1.165) is 24.0 Å². The van der Waals surface area contributed by atoms with Crippen molar-refractivity contribution in [1.29, 1.82) is 0 Å². The Labute approximate surface area is 172 Å². The Kier molecular flexibility index (Phi) is 4.76. The van der Waals surface area contributed by atoms with E-state index in [0.29, 0.717) is 18.8 Å². The molecule has 3 atom stereocenters. The number of hydrogen-bond donors (Lipinski definition) is 0. The van der Waals surface area contributed by atoms with Crippen molar-refractivity contribution in [2.75, 3.05) is 6.61 Å². The van der Waals surface area contributed by atoms with E-state index in [1.165, 1.54) is 5.57 Å². The van der Waals surface area contributed by atoms with Gasteiger partial charge < -0.3 is 9.47 Å². The van der Waals surface area contributed by atoms with Crippen molar-refractivity contribution in [2.45, 2.75) is 52.6 Å². The molecule has 152 valence electrons. The highest BCUT2D eigenvalue weighted by molar-refractivity contribution is 6.26. The lowest BCUT2D eigenvalue weighted by atomic mass is 9.61. The van der Waals surface area contributed by atoms with Gasteiger partial charge in [-0.3, -0.25) is 4.79 Å². The summed E-state index contributed by atoms with van der Waals surface area (Å²) in [5.41, 5.74) is 1.38. The van der Waals surface area contributed by atoms with Crippen LogP contribution >= 0.6 is 0 Å². The van der Waals surface area contributed by atoms with Crippen molar-refractivity contribution >= 4 is 11.8 Å². The second kappa shape index (κ2) is 7.01. The first kappa shape index (κ1) is 19.7. The van der Waals surface area contributed by atoms with E-state index in [2.05, 4.69) is 44.2 Å². The smallest absolute Gasteiger partial charge is 0.346 e. The molecule has 0 saturated carbocycles. The molecule has 2 aliphatic carbocycles. The fourth-order valence-electron chi connectivity index (χ4n) is 4.83. The Balaban J connectivity index is 1.95. The maximum atomic E-state index is 13.8. The normalized spacial score (nSPS) is 34.5. The summed E-state index contributed by atoms with van der Waals surface area (Å²) in [4.78, 5) is 26.7. The molecular weight excluding hydrogens is 364 g/mol. The summed E-state index contributed by atoms with van der Waals surface area (Å²) < 4.78 is 11.8. The predicted octanol–water partition coefficient (Wildman–Crippen LogP) is 4.91. The minimum absolute atomic E-state index is 0.0446. The van der Waals surface area contributed by atoms with Crippen LogP contribution in [0.15, 0.2) is 70.6 Å². The third kappa shape index (κ3) is 3.15. The molecule has 4 bridgehead atoms. The van der Waals surface area contributed by atoms with E-state index >= 15 is 0 Å². The van der Waals surface area contributed by atoms with Gasteiger partial charge in [-0.15, -0.1) is 0 Å². The molecule has 3 aliphatic heterocycles. The summed E-state index contributed by atoms with van der Waals surface area (Å²) in [7, 11) is 0. The zero-order valence-corrected chi connectivity index (χ0v) is 17.6. The van der Waals surface area contributed by atoms with Gasteiger partial charge in [0.25, 0.3) is 0 Å². The molecule has 4 heteroatoms. The first-order chi connectivity index (χ1) is 13.8. The van der Waals surface area contributed by atoms with E-state index in [1.807, 2.05) is 19.9 Å². The average Bonchev–Trinajstić information content (AvgIpc) is 2.91. The van der Waals surface area contributed by atoms with Crippen molar-refractivity contribution in [1.82, 2.24) is 0 Å². The number of hydrogen-bond acceptors (Lipinski definition) is 4. The number of Topliss-reactive ketones (excluding diaryl/α,β-unsaturated/α-hetero) is 1. The van der Waals surface area contributed by atoms with E-state index in [4.69, 9.17) is 9.47 Å². The molecule has 4 nitrogen and oxygen atoms in total. The van der Waals surface area contributed by atoms with E-state index in [1.54, 1.807) is 6.08 Å². The molecule has 29 heavy (non-hydrogen) atoms. The molecule has 3 unspecified atom stereocenters. The van der Waals surface area contributed by atoms with Gasteiger partial charge in [0, 0.05) is 6.42 Å². The summed E-state index contributed by atoms with van der Waals surface area (Å²) in [6.07, 6.45) is 16.5. The molecule has 1 fully saturated rings. The molecule has 1 saturated heterocycles. The van der Waals surface area contributed by atoms with Crippen molar-refractivity contribution in [2.24, 2.45) is 11.3 Å². The van der Waals surface area contributed by atoms with E-state index in [9.17, 15) is 9.59 Å².